The van der Waals surface area contributed by atoms with Crippen molar-refractivity contribution in [1.82, 2.24) is 9.97 Å². The normalized spacial score (nSPS) is 21.0. The van der Waals surface area contributed by atoms with Crippen molar-refractivity contribution in [1.29, 1.82) is 0 Å². The highest BCUT2D eigenvalue weighted by atomic mass is 16.6. The minimum atomic E-state index is -1.83. The zero-order valence-electron chi connectivity index (χ0n) is 13.0. The van der Waals surface area contributed by atoms with Gasteiger partial charge >= 0.3 is 6.16 Å². The Bertz CT molecular complexity index is 512. The van der Waals surface area contributed by atoms with Crippen LogP contribution in [0.25, 0.3) is 0 Å². The number of hydrogen-bond acceptors (Lipinski definition) is 2. The molecule has 5 nitrogen and oxygen atoms in total. The van der Waals surface area contributed by atoms with Crippen molar-refractivity contribution in [2.75, 3.05) is 0 Å². The van der Waals surface area contributed by atoms with Crippen LogP contribution in [0.1, 0.15) is 39.9 Å². The van der Waals surface area contributed by atoms with Crippen LogP contribution in [0.3, 0.4) is 0 Å². The lowest BCUT2D eigenvalue weighted by atomic mass is 9.68. The Balaban J connectivity index is 0.000000491. The zero-order chi connectivity index (χ0) is 16.0. The van der Waals surface area contributed by atoms with Crippen molar-refractivity contribution < 1.29 is 15.0 Å². The summed E-state index contributed by atoms with van der Waals surface area (Å²) in [5.74, 6) is 2.23. The van der Waals surface area contributed by atoms with E-state index in [1.165, 1.54) is 5.57 Å². The van der Waals surface area contributed by atoms with Gasteiger partial charge in [0.15, 0.2) is 0 Å². The lowest BCUT2D eigenvalue weighted by molar-refractivity contribution is 0.137. The fourth-order valence-electron chi connectivity index (χ4n) is 2.55. The molecule has 0 radical (unpaired) electrons. The van der Waals surface area contributed by atoms with Crippen molar-refractivity contribution >= 4 is 6.16 Å². The summed E-state index contributed by atoms with van der Waals surface area (Å²) in [4.78, 5) is 16.3. The van der Waals surface area contributed by atoms with E-state index in [4.69, 9.17) is 15.0 Å². The summed E-state index contributed by atoms with van der Waals surface area (Å²) in [5, 5.41) is 13.9. The standard InChI is InChI=1S/C15H22N2.CH2O3/c1-11(2)13-6-5-7-15(10-13,12(3)4)14-16-8-9-17-14;2-1(3)4/h5-9,11-12H,10H2,1-4H3,(H,16,17);(H2,2,3,4). The average Bonchev–Trinajstić information content (AvgIpc) is 2.92. The summed E-state index contributed by atoms with van der Waals surface area (Å²) in [6, 6.07) is 0. The lowest BCUT2D eigenvalue weighted by Crippen LogP contribution is -2.34. The van der Waals surface area contributed by atoms with Crippen LogP contribution in [0.15, 0.2) is 36.2 Å². The van der Waals surface area contributed by atoms with Crippen molar-refractivity contribution in [3.8, 4) is 0 Å². The van der Waals surface area contributed by atoms with E-state index in [9.17, 15) is 0 Å². The van der Waals surface area contributed by atoms with Crippen LogP contribution in [0, 0.1) is 11.8 Å². The van der Waals surface area contributed by atoms with Gasteiger partial charge < -0.3 is 15.2 Å². The molecule has 116 valence electrons. The molecule has 5 heteroatoms. The number of aromatic nitrogens is 2. The van der Waals surface area contributed by atoms with Crippen LogP contribution in [0.4, 0.5) is 4.79 Å². The maximum absolute atomic E-state index is 8.56. The Hall–Kier alpha value is -2.04. The molecule has 0 spiro atoms. The molecule has 2 rings (SSSR count). The number of H-pyrrole nitrogens is 1. The molecule has 1 aliphatic rings. The third-order valence-electron chi connectivity index (χ3n) is 3.91. The molecule has 3 N–H and O–H groups in total. The fraction of sp³-hybridized carbons (Fsp3) is 0.500. The first-order valence-electron chi connectivity index (χ1n) is 7.09. The van der Waals surface area contributed by atoms with E-state index in [2.05, 4.69) is 55.9 Å². The number of nitrogens with zero attached hydrogens (tertiary/aromatic N) is 1. The van der Waals surface area contributed by atoms with Gasteiger partial charge in [-0.25, -0.2) is 9.78 Å². The second-order valence-electron chi connectivity index (χ2n) is 5.85. The van der Waals surface area contributed by atoms with Crippen molar-refractivity contribution in [2.24, 2.45) is 11.8 Å². The number of aromatic amines is 1. The number of carbonyl (C=O) groups is 1. The third kappa shape index (κ3) is 4.21. The first-order valence-corrected chi connectivity index (χ1v) is 7.09. The molecule has 1 heterocycles. The largest absolute Gasteiger partial charge is 0.503 e. The van der Waals surface area contributed by atoms with Gasteiger partial charge in [0.2, 0.25) is 0 Å². The van der Waals surface area contributed by atoms with E-state index in [1.807, 2.05) is 12.4 Å². The van der Waals surface area contributed by atoms with E-state index < -0.39 is 6.16 Å². The Morgan fingerprint density at radius 2 is 1.95 bits per heavy atom. The number of allylic oxidation sites excluding steroid dienone is 4. The summed E-state index contributed by atoms with van der Waals surface area (Å²) >= 11 is 0. The predicted molar refractivity (Wildman–Crippen MR) is 82.4 cm³/mol. The highest BCUT2D eigenvalue weighted by Crippen LogP contribution is 2.41. The molecule has 0 saturated carbocycles. The van der Waals surface area contributed by atoms with E-state index in [-0.39, 0.29) is 5.41 Å². The van der Waals surface area contributed by atoms with Gasteiger partial charge in [0.05, 0.1) is 5.41 Å². The lowest BCUT2D eigenvalue weighted by Gasteiger charge is -2.36. The highest BCUT2D eigenvalue weighted by Gasteiger charge is 2.37. The molecule has 21 heavy (non-hydrogen) atoms. The smallest absolute Gasteiger partial charge is 0.450 e. The molecule has 0 fully saturated rings. The number of nitrogens with one attached hydrogen (secondary N) is 1. The molecular formula is C16H24N2O3. The highest BCUT2D eigenvalue weighted by molar-refractivity contribution is 5.53. The maximum Gasteiger partial charge on any atom is 0.503 e. The number of hydrogen-bond donors (Lipinski definition) is 3. The zero-order valence-corrected chi connectivity index (χ0v) is 13.0. The van der Waals surface area contributed by atoms with Crippen LogP contribution in [0.2, 0.25) is 0 Å². The molecule has 0 bridgehead atoms. The minimum absolute atomic E-state index is 0.0395. The summed E-state index contributed by atoms with van der Waals surface area (Å²) < 4.78 is 0. The predicted octanol–water partition coefficient (Wildman–Crippen LogP) is 4.07. The molecule has 1 atom stereocenters. The van der Waals surface area contributed by atoms with Gasteiger partial charge in [-0.15, -0.1) is 0 Å². The minimum Gasteiger partial charge on any atom is -0.450 e. The summed E-state index contributed by atoms with van der Waals surface area (Å²) in [7, 11) is 0. The monoisotopic (exact) mass is 292 g/mol. The molecule has 0 saturated heterocycles. The summed E-state index contributed by atoms with van der Waals surface area (Å²) in [6.07, 6.45) is 9.77. The van der Waals surface area contributed by atoms with Gasteiger partial charge in [-0.2, -0.15) is 0 Å². The molecule has 1 aromatic heterocycles. The molecule has 0 aromatic carbocycles. The quantitative estimate of drug-likeness (QED) is 0.783. The second kappa shape index (κ2) is 7.11. The summed E-state index contributed by atoms with van der Waals surface area (Å²) in [6.45, 7) is 9.07. The summed E-state index contributed by atoms with van der Waals surface area (Å²) in [5.41, 5.74) is 1.55. The molecule has 1 aliphatic carbocycles. The van der Waals surface area contributed by atoms with Crippen LogP contribution in [-0.4, -0.2) is 26.3 Å². The van der Waals surface area contributed by atoms with Gasteiger partial charge in [-0.3, -0.25) is 0 Å². The van der Waals surface area contributed by atoms with Crippen molar-refractivity contribution in [3.63, 3.8) is 0 Å². The third-order valence-corrected chi connectivity index (χ3v) is 3.91. The van der Waals surface area contributed by atoms with E-state index in [0.29, 0.717) is 11.8 Å². The molecule has 1 unspecified atom stereocenters. The van der Waals surface area contributed by atoms with Crippen molar-refractivity contribution in [2.45, 2.75) is 39.5 Å². The number of carboxylic acid groups (broad SMARTS) is 2. The van der Waals surface area contributed by atoms with Gasteiger partial charge in [0, 0.05) is 12.4 Å². The Labute approximate surface area is 125 Å². The Morgan fingerprint density at radius 3 is 2.38 bits per heavy atom. The molecule has 0 amide bonds. The average molecular weight is 292 g/mol. The Morgan fingerprint density at radius 1 is 1.33 bits per heavy atom. The molecular weight excluding hydrogens is 268 g/mol. The van der Waals surface area contributed by atoms with Crippen LogP contribution in [-0.2, 0) is 5.41 Å². The van der Waals surface area contributed by atoms with Gasteiger partial charge in [-0.1, -0.05) is 51.5 Å². The first kappa shape index (κ1) is 17.0. The van der Waals surface area contributed by atoms with E-state index >= 15 is 0 Å². The van der Waals surface area contributed by atoms with Gasteiger partial charge in [0.25, 0.3) is 0 Å². The number of rotatable bonds is 3. The van der Waals surface area contributed by atoms with Crippen LogP contribution >= 0.6 is 0 Å². The first-order chi connectivity index (χ1) is 9.79. The van der Waals surface area contributed by atoms with E-state index in [0.717, 1.165) is 12.2 Å². The van der Waals surface area contributed by atoms with Gasteiger partial charge in [-0.05, 0) is 18.3 Å². The molecule has 0 aliphatic heterocycles. The SMILES string of the molecule is CC(C)C1=CC=CC(c2ncc[nH]2)(C(C)C)C1.O=C(O)O. The topological polar surface area (TPSA) is 86.2 Å². The Kier molecular flexibility index (Phi) is 5.76. The van der Waals surface area contributed by atoms with Crippen LogP contribution in [0.5, 0.6) is 0 Å². The molecule has 1 aromatic rings. The maximum atomic E-state index is 8.56. The second-order valence-corrected chi connectivity index (χ2v) is 5.85. The van der Waals surface area contributed by atoms with Gasteiger partial charge in [0.1, 0.15) is 5.82 Å². The number of imidazole rings is 1. The van der Waals surface area contributed by atoms with E-state index in [1.54, 1.807) is 0 Å². The van der Waals surface area contributed by atoms with Crippen LogP contribution < -0.4 is 0 Å². The fourth-order valence-corrected chi connectivity index (χ4v) is 2.55. The van der Waals surface area contributed by atoms with Crippen molar-refractivity contribution in [3.05, 3.63) is 42.0 Å².